The number of nitrogens with one attached hydrogen (secondary N) is 1. The van der Waals surface area contributed by atoms with E-state index in [2.05, 4.69) is 24.1 Å². The van der Waals surface area contributed by atoms with Gasteiger partial charge in [-0.05, 0) is 38.5 Å². The molecule has 1 aliphatic rings. The highest BCUT2D eigenvalue weighted by atomic mass is 35.5. The van der Waals surface area contributed by atoms with Crippen molar-refractivity contribution < 1.29 is 4.79 Å². The first-order chi connectivity index (χ1) is 7.92. The summed E-state index contributed by atoms with van der Waals surface area (Å²) in [6.07, 6.45) is 0. The fourth-order valence-electron chi connectivity index (χ4n) is 2.12. The number of hydrogen-bond acceptors (Lipinski definition) is 2. The third kappa shape index (κ3) is 2.25. The second-order valence-corrected chi connectivity index (χ2v) is 5.47. The smallest absolute Gasteiger partial charge is 0.239 e. The molecule has 0 aliphatic carbocycles. The van der Waals surface area contributed by atoms with Crippen molar-refractivity contribution in [3.63, 3.8) is 0 Å². The lowest BCUT2D eigenvalue weighted by Crippen LogP contribution is -2.60. The van der Waals surface area contributed by atoms with Crippen LogP contribution in [0.4, 0.5) is 5.69 Å². The molecule has 0 bridgehead atoms. The fraction of sp³-hybridized carbons (Fsp3) is 0.462. The van der Waals surface area contributed by atoms with E-state index in [1.165, 1.54) is 0 Å². The molecule has 3 nitrogen and oxygen atoms in total. The Morgan fingerprint density at radius 1 is 1.41 bits per heavy atom. The van der Waals surface area contributed by atoms with Crippen LogP contribution < -0.4 is 10.2 Å². The molecule has 1 fully saturated rings. The molecule has 0 aromatic heterocycles. The molecule has 0 radical (unpaired) electrons. The first-order valence-electron chi connectivity index (χ1n) is 5.71. The molecule has 1 heterocycles. The summed E-state index contributed by atoms with van der Waals surface area (Å²) >= 11 is 6.14. The molecule has 1 saturated heterocycles. The Balaban J connectivity index is 2.43. The van der Waals surface area contributed by atoms with Gasteiger partial charge in [0.15, 0.2) is 0 Å². The summed E-state index contributed by atoms with van der Waals surface area (Å²) < 4.78 is 0. The molecule has 17 heavy (non-hydrogen) atoms. The van der Waals surface area contributed by atoms with Gasteiger partial charge in [0.1, 0.15) is 0 Å². The first-order valence-corrected chi connectivity index (χ1v) is 6.09. The van der Waals surface area contributed by atoms with E-state index in [0.717, 1.165) is 16.3 Å². The molecule has 92 valence electrons. The van der Waals surface area contributed by atoms with Crippen molar-refractivity contribution >= 4 is 23.2 Å². The lowest BCUT2D eigenvalue weighted by atomic mass is 9.97. The Morgan fingerprint density at radius 3 is 2.82 bits per heavy atom. The van der Waals surface area contributed by atoms with E-state index in [1.807, 2.05) is 25.1 Å². The maximum Gasteiger partial charge on any atom is 0.239 e. The topological polar surface area (TPSA) is 32.3 Å². The quantitative estimate of drug-likeness (QED) is 0.832. The van der Waals surface area contributed by atoms with E-state index in [9.17, 15) is 4.79 Å². The van der Waals surface area contributed by atoms with E-state index in [0.29, 0.717) is 13.1 Å². The number of amides is 1. The summed E-state index contributed by atoms with van der Waals surface area (Å²) in [7, 11) is 0. The number of anilines is 1. The van der Waals surface area contributed by atoms with E-state index < -0.39 is 0 Å². The van der Waals surface area contributed by atoms with E-state index >= 15 is 0 Å². The number of piperazine rings is 1. The Morgan fingerprint density at radius 2 is 2.12 bits per heavy atom. The number of nitrogens with zero attached hydrogens (tertiary/aromatic N) is 1. The van der Waals surface area contributed by atoms with Crippen LogP contribution in [0.1, 0.15) is 19.4 Å². The second kappa shape index (κ2) is 4.22. The van der Waals surface area contributed by atoms with Crippen LogP contribution in [-0.4, -0.2) is 24.5 Å². The summed E-state index contributed by atoms with van der Waals surface area (Å²) in [6.45, 7) is 7.26. The first kappa shape index (κ1) is 12.2. The number of halogens is 1. The second-order valence-electron chi connectivity index (χ2n) is 5.06. The monoisotopic (exact) mass is 252 g/mol. The zero-order chi connectivity index (χ0) is 12.6. The SMILES string of the molecule is Cc1c(Cl)cccc1N1CC(=O)NCC1(C)C. The largest absolute Gasteiger partial charge is 0.355 e. The lowest BCUT2D eigenvalue weighted by molar-refractivity contribution is -0.121. The maximum atomic E-state index is 11.5. The molecule has 4 heteroatoms. The number of hydrogen-bond donors (Lipinski definition) is 1. The van der Waals surface area contributed by atoms with Crippen molar-refractivity contribution in [1.82, 2.24) is 5.32 Å². The highest BCUT2D eigenvalue weighted by Crippen LogP contribution is 2.31. The van der Waals surface area contributed by atoms with Crippen molar-refractivity contribution in [2.24, 2.45) is 0 Å². The predicted molar refractivity (Wildman–Crippen MR) is 70.6 cm³/mol. The van der Waals surface area contributed by atoms with Crippen LogP contribution in [0.25, 0.3) is 0 Å². The van der Waals surface area contributed by atoms with Gasteiger partial charge in [0.05, 0.1) is 12.1 Å². The van der Waals surface area contributed by atoms with Crippen LogP contribution in [-0.2, 0) is 4.79 Å². The molecule has 0 unspecified atom stereocenters. The van der Waals surface area contributed by atoms with Gasteiger partial charge in [0, 0.05) is 17.3 Å². The molecular weight excluding hydrogens is 236 g/mol. The van der Waals surface area contributed by atoms with Gasteiger partial charge >= 0.3 is 0 Å². The summed E-state index contributed by atoms with van der Waals surface area (Å²) in [6, 6.07) is 5.81. The molecule has 1 N–H and O–H groups in total. The third-order valence-corrected chi connectivity index (χ3v) is 3.69. The predicted octanol–water partition coefficient (Wildman–Crippen LogP) is 2.36. The summed E-state index contributed by atoms with van der Waals surface area (Å²) in [5, 5.41) is 3.63. The molecule has 1 aromatic carbocycles. The zero-order valence-corrected chi connectivity index (χ0v) is 11.1. The van der Waals surface area contributed by atoms with Gasteiger partial charge in [-0.15, -0.1) is 0 Å². The average molecular weight is 253 g/mol. The van der Waals surface area contributed by atoms with E-state index in [1.54, 1.807) is 0 Å². The Hall–Kier alpha value is -1.22. The van der Waals surface area contributed by atoms with Crippen LogP contribution in [0.2, 0.25) is 5.02 Å². The van der Waals surface area contributed by atoms with Gasteiger partial charge < -0.3 is 10.2 Å². The van der Waals surface area contributed by atoms with Crippen molar-refractivity contribution in [3.8, 4) is 0 Å². The number of carbonyl (C=O) groups excluding carboxylic acids is 1. The summed E-state index contributed by atoms with van der Waals surface area (Å²) in [4.78, 5) is 13.7. The number of carbonyl (C=O) groups is 1. The Bertz CT molecular complexity index is 457. The standard InChI is InChI=1S/C13H17ClN2O/c1-9-10(14)5-4-6-11(9)16-7-12(17)15-8-13(16,2)3/h4-6H,7-8H2,1-3H3,(H,15,17). The van der Waals surface area contributed by atoms with Gasteiger partial charge in [-0.1, -0.05) is 17.7 Å². The molecule has 1 aromatic rings. The molecule has 1 aliphatic heterocycles. The van der Waals surface area contributed by atoms with Crippen LogP contribution in [0.3, 0.4) is 0 Å². The molecular formula is C13H17ClN2O. The molecule has 0 spiro atoms. The number of benzene rings is 1. The highest BCUT2D eigenvalue weighted by Gasteiger charge is 2.34. The summed E-state index contributed by atoms with van der Waals surface area (Å²) in [5.41, 5.74) is 1.97. The molecule has 0 saturated carbocycles. The molecule has 1 amide bonds. The minimum absolute atomic E-state index is 0.0590. The van der Waals surface area contributed by atoms with Gasteiger partial charge in [0.25, 0.3) is 0 Å². The number of rotatable bonds is 1. The van der Waals surface area contributed by atoms with Gasteiger partial charge in [-0.25, -0.2) is 0 Å². The van der Waals surface area contributed by atoms with Gasteiger partial charge in [-0.2, -0.15) is 0 Å². The third-order valence-electron chi connectivity index (χ3n) is 3.28. The van der Waals surface area contributed by atoms with Crippen LogP contribution in [0, 0.1) is 6.92 Å². The van der Waals surface area contributed by atoms with Crippen LogP contribution >= 0.6 is 11.6 Å². The van der Waals surface area contributed by atoms with Crippen molar-refractivity contribution in [3.05, 3.63) is 28.8 Å². The zero-order valence-electron chi connectivity index (χ0n) is 10.4. The summed E-state index contributed by atoms with van der Waals surface area (Å²) in [5.74, 6) is 0.0590. The fourth-order valence-corrected chi connectivity index (χ4v) is 2.29. The maximum absolute atomic E-state index is 11.5. The van der Waals surface area contributed by atoms with E-state index in [4.69, 9.17) is 11.6 Å². The van der Waals surface area contributed by atoms with Crippen LogP contribution in [0.15, 0.2) is 18.2 Å². The minimum atomic E-state index is -0.0939. The van der Waals surface area contributed by atoms with Crippen molar-refractivity contribution in [2.45, 2.75) is 26.3 Å². The molecule has 0 atom stereocenters. The van der Waals surface area contributed by atoms with Gasteiger partial charge in [0.2, 0.25) is 5.91 Å². The van der Waals surface area contributed by atoms with E-state index in [-0.39, 0.29) is 11.4 Å². The Labute approximate surface area is 107 Å². The minimum Gasteiger partial charge on any atom is -0.355 e. The van der Waals surface area contributed by atoms with Crippen LogP contribution in [0.5, 0.6) is 0 Å². The van der Waals surface area contributed by atoms with Crippen molar-refractivity contribution in [1.29, 1.82) is 0 Å². The van der Waals surface area contributed by atoms with Crippen molar-refractivity contribution in [2.75, 3.05) is 18.0 Å². The molecule has 2 rings (SSSR count). The Kier molecular flexibility index (Phi) is 3.04. The normalized spacial score (nSPS) is 19.1. The van der Waals surface area contributed by atoms with Gasteiger partial charge in [-0.3, -0.25) is 4.79 Å². The highest BCUT2D eigenvalue weighted by molar-refractivity contribution is 6.31. The lowest BCUT2D eigenvalue weighted by Gasteiger charge is -2.44. The average Bonchev–Trinajstić information content (AvgIpc) is 2.26.